The van der Waals surface area contributed by atoms with Crippen LogP contribution in [0.2, 0.25) is 0 Å². The van der Waals surface area contributed by atoms with Gasteiger partial charge in [-0.2, -0.15) is 0 Å². The highest BCUT2D eigenvalue weighted by Crippen LogP contribution is 2.36. The number of urea groups is 1. The summed E-state index contributed by atoms with van der Waals surface area (Å²) in [6, 6.07) is 24.6. The summed E-state index contributed by atoms with van der Waals surface area (Å²) in [6.07, 6.45) is 2.36. The lowest BCUT2D eigenvalue weighted by Crippen LogP contribution is -2.44. The second-order valence-corrected chi connectivity index (χ2v) is 9.04. The van der Waals surface area contributed by atoms with Crippen LogP contribution in [0, 0.1) is 0 Å². The quantitative estimate of drug-likeness (QED) is 0.387. The number of fused-ring (bicyclic) bond motifs is 2. The Morgan fingerprint density at radius 1 is 1.06 bits per heavy atom. The maximum Gasteiger partial charge on any atom is 0.322 e. The summed E-state index contributed by atoms with van der Waals surface area (Å²) in [6.45, 7) is 4.73. The third-order valence-electron chi connectivity index (χ3n) is 6.96. The third kappa shape index (κ3) is 4.32. The standard InChI is InChI=1S/C29H30N4O2/c1-3-21-12-7-9-16-24(21)31-29(35)33(20(2)22-13-5-4-6-14-22)26-18-11-19-32-27(26)30-25-17-10-8-15-23(25)28(32)34/h4-10,12-17,20,26H,3,11,18-19H2,1-2H3,(H,31,35). The van der Waals surface area contributed by atoms with Crippen LogP contribution in [-0.2, 0) is 13.0 Å². The predicted molar refractivity (Wildman–Crippen MR) is 140 cm³/mol. The zero-order chi connectivity index (χ0) is 24.4. The normalized spacial score (nSPS) is 15.9. The molecule has 0 radical (unpaired) electrons. The maximum atomic E-state index is 14.0. The molecule has 3 aromatic carbocycles. The van der Waals surface area contributed by atoms with Gasteiger partial charge in [-0.25, -0.2) is 9.78 Å². The minimum Gasteiger partial charge on any atom is -0.308 e. The minimum atomic E-state index is -0.329. The molecule has 1 aliphatic rings. The Balaban J connectivity index is 1.61. The lowest BCUT2D eigenvalue weighted by Gasteiger charge is -2.39. The molecule has 6 heteroatoms. The second kappa shape index (κ2) is 9.74. The fourth-order valence-corrected chi connectivity index (χ4v) is 5.10. The average Bonchev–Trinajstić information content (AvgIpc) is 2.90. The molecular formula is C29H30N4O2. The highest BCUT2D eigenvalue weighted by Gasteiger charge is 2.35. The highest BCUT2D eigenvalue weighted by atomic mass is 16.2. The van der Waals surface area contributed by atoms with Crippen molar-refractivity contribution in [1.82, 2.24) is 14.5 Å². The number of hydrogen-bond donors (Lipinski definition) is 1. The zero-order valence-electron chi connectivity index (χ0n) is 20.1. The Morgan fingerprint density at radius 2 is 1.77 bits per heavy atom. The summed E-state index contributed by atoms with van der Waals surface area (Å²) < 4.78 is 1.76. The summed E-state index contributed by atoms with van der Waals surface area (Å²) in [4.78, 5) is 34.1. The topological polar surface area (TPSA) is 67.2 Å². The van der Waals surface area contributed by atoms with Gasteiger partial charge < -0.3 is 10.2 Å². The second-order valence-electron chi connectivity index (χ2n) is 9.04. The van der Waals surface area contributed by atoms with Crippen molar-refractivity contribution in [3.05, 3.63) is 106 Å². The van der Waals surface area contributed by atoms with E-state index in [0.29, 0.717) is 23.3 Å². The Kier molecular flexibility index (Phi) is 6.36. The van der Waals surface area contributed by atoms with Gasteiger partial charge in [0.2, 0.25) is 0 Å². The van der Waals surface area contributed by atoms with Crippen LogP contribution in [0.3, 0.4) is 0 Å². The van der Waals surface area contributed by atoms with Crippen LogP contribution in [0.1, 0.15) is 55.7 Å². The number of aryl methyl sites for hydroxylation is 1. The van der Waals surface area contributed by atoms with Gasteiger partial charge in [0.1, 0.15) is 5.82 Å². The van der Waals surface area contributed by atoms with Gasteiger partial charge in [-0.15, -0.1) is 0 Å². The van der Waals surface area contributed by atoms with Crippen LogP contribution in [0.25, 0.3) is 10.9 Å². The van der Waals surface area contributed by atoms with Crippen molar-refractivity contribution in [3.8, 4) is 0 Å². The van der Waals surface area contributed by atoms with E-state index in [1.54, 1.807) is 4.57 Å². The fraction of sp³-hybridized carbons (Fsp3) is 0.276. The van der Waals surface area contributed by atoms with Gasteiger partial charge in [0, 0.05) is 12.2 Å². The molecule has 0 aliphatic carbocycles. The number of amides is 2. The molecule has 2 heterocycles. The third-order valence-corrected chi connectivity index (χ3v) is 6.96. The van der Waals surface area contributed by atoms with Crippen LogP contribution in [0.5, 0.6) is 0 Å². The van der Waals surface area contributed by atoms with Crippen LogP contribution in [-0.4, -0.2) is 20.5 Å². The molecule has 0 fully saturated rings. The number of carbonyl (C=O) groups is 1. The van der Waals surface area contributed by atoms with Gasteiger partial charge in [0.25, 0.3) is 5.56 Å². The van der Waals surface area contributed by atoms with Crippen molar-refractivity contribution < 1.29 is 4.79 Å². The molecule has 4 aromatic rings. The van der Waals surface area contributed by atoms with Gasteiger partial charge in [0.05, 0.1) is 23.0 Å². The van der Waals surface area contributed by atoms with Crippen molar-refractivity contribution in [2.45, 2.75) is 51.7 Å². The van der Waals surface area contributed by atoms with E-state index in [4.69, 9.17) is 4.98 Å². The Bertz CT molecular complexity index is 1410. The van der Waals surface area contributed by atoms with E-state index in [1.165, 1.54) is 0 Å². The largest absolute Gasteiger partial charge is 0.322 e. The molecule has 1 aromatic heterocycles. The number of nitrogens with zero attached hydrogens (tertiary/aromatic N) is 3. The van der Waals surface area contributed by atoms with E-state index >= 15 is 0 Å². The highest BCUT2D eigenvalue weighted by molar-refractivity contribution is 5.91. The summed E-state index contributed by atoms with van der Waals surface area (Å²) in [5, 5.41) is 3.78. The molecule has 1 aliphatic heterocycles. The van der Waals surface area contributed by atoms with Crippen molar-refractivity contribution in [2.75, 3.05) is 5.32 Å². The number of rotatable bonds is 5. The van der Waals surface area contributed by atoms with Crippen LogP contribution >= 0.6 is 0 Å². The molecule has 0 bridgehead atoms. The summed E-state index contributed by atoms with van der Waals surface area (Å²) in [7, 11) is 0. The summed E-state index contributed by atoms with van der Waals surface area (Å²) in [5.41, 5.74) is 3.55. The Morgan fingerprint density at radius 3 is 2.57 bits per heavy atom. The molecule has 1 N–H and O–H groups in total. The van der Waals surface area contributed by atoms with E-state index in [2.05, 4.69) is 12.2 Å². The monoisotopic (exact) mass is 466 g/mol. The van der Waals surface area contributed by atoms with Gasteiger partial charge >= 0.3 is 6.03 Å². The van der Waals surface area contributed by atoms with Crippen molar-refractivity contribution in [1.29, 1.82) is 0 Å². The number of para-hydroxylation sites is 2. The molecule has 2 unspecified atom stereocenters. The number of aromatic nitrogens is 2. The number of nitrogens with one attached hydrogen (secondary N) is 1. The van der Waals surface area contributed by atoms with Gasteiger partial charge in [-0.05, 0) is 55.5 Å². The lowest BCUT2D eigenvalue weighted by atomic mass is 9.99. The molecule has 0 spiro atoms. The van der Waals surface area contributed by atoms with E-state index in [-0.39, 0.29) is 23.7 Å². The van der Waals surface area contributed by atoms with E-state index in [9.17, 15) is 9.59 Å². The van der Waals surface area contributed by atoms with Gasteiger partial charge in [-0.3, -0.25) is 9.36 Å². The summed E-state index contributed by atoms with van der Waals surface area (Å²) in [5.74, 6) is 0.654. The molecule has 178 valence electrons. The van der Waals surface area contributed by atoms with Gasteiger partial charge in [-0.1, -0.05) is 67.6 Å². The first-order chi connectivity index (χ1) is 17.1. The molecule has 5 rings (SSSR count). The number of carbonyl (C=O) groups excluding carboxylic acids is 1. The lowest BCUT2D eigenvalue weighted by molar-refractivity contribution is 0.140. The smallest absolute Gasteiger partial charge is 0.308 e. The molecule has 0 saturated carbocycles. The van der Waals surface area contributed by atoms with Crippen molar-refractivity contribution >= 4 is 22.6 Å². The predicted octanol–water partition coefficient (Wildman–Crippen LogP) is 6.09. The maximum absolute atomic E-state index is 14.0. The SMILES string of the molecule is CCc1ccccc1NC(=O)N(C(C)c1ccccc1)C1CCCn2c1nc1ccccc1c2=O. The minimum absolute atomic E-state index is 0.0423. The van der Waals surface area contributed by atoms with Gasteiger partial charge in [0.15, 0.2) is 0 Å². The van der Waals surface area contributed by atoms with Crippen LogP contribution in [0.4, 0.5) is 10.5 Å². The first kappa shape index (κ1) is 22.8. The van der Waals surface area contributed by atoms with E-state index in [1.807, 2.05) is 90.7 Å². The first-order valence-electron chi connectivity index (χ1n) is 12.3. The molecule has 2 atom stereocenters. The average molecular weight is 467 g/mol. The number of benzene rings is 3. The van der Waals surface area contributed by atoms with E-state index in [0.717, 1.165) is 36.1 Å². The number of hydrogen-bond acceptors (Lipinski definition) is 3. The Labute approximate surface area is 205 Å². The number of anilines is 1. The molecule has 35 heavy (non-hydrogen) atoms. The van der Waals surface area contributed by atoms with Crippen molar-refractivity contribution in [3.63, 3.8) is 0 Å². The zero-order valence-corrected chi connectivity index (χ0v) is 20.1. The van der Waals surface area contributed by atoms with Crippen LogP contribution in [0.15, 0.2) is 83.7 Å². The molecule has 0 saturated heterocycles. The molecule has 2 amide bonds. The summed E-state index contributed by atoms with van der Waals surface area (Å²) >= 11 is 0. The van der Waals surface area contributed by atoms with E-state index < -0.39 is 0 Å². The van der Waals surface area contributed by atoms with Crippen LogP contribution < -0.4 is 10.9 Å². The van der Waals surface area contributed by atoms with Crippen molar-refractivity contribution in [2.24, 2.45) is 0 Å². The first-order valence-corrected chi connectivity index (χ1v) is 12.3. The molecular weight excluding hydrogens is 436 g/mol. The fourth-order valence-electron chi connectivity index (χ4n) is 5.10. The molecule has 6 nitrogen and oxygen atoms in total. The Hall–Kier alpha value is -3.93.